The standard InChI is InChI=1S/C31H33N5O7/c1-39-25-12-10-21(15-27(25)40-2)30(31(38)32-16-22-6-5-13-41-22)35(17-20-9-11-26-28(14-20)43-19-42-26)29(37)18-36-24-8-4-3-7-23(24)33-34-36/h3-4,7-12,14-15,22,30H,5-6,13,16-19H2,1-2H3,(H,32,38). The molecule has 224 valence electrons. The Balaban J connectivity index is 1.39. The van der Waals surface area contributed by atoms with E-state index >= 15 is 0 Å². The number of rotatable bonds is 11. The van der Waals surface area contributed by atoms with Crippen molar-refractivity contribution in [2.45, 2.75) is 38.1 Å². The van der Waals surface area contributed by atoms with E-state index in [4.69, 9.17) is 23.7 Å². The second-order valence-corrected chi connectivity index (χ2v) is 10.3. The summed E-state index contributed by atoms with van der Waals surface area (Å²) >= 11 is 0. The van der Waals surface area contributed by atoms with Crippen LogP contribution in [0.2, 0.25) is 0 Å². The number of methoxy groups -OCH3 is 2. The summed E-state index contributed by atoms with van der Waals surface area (Å²) in [7, 11) is 3.07. The van der Waals surface area contributed by atoms with Crippen molar-refractivity contribution in [1.82, 2.24) is 25.2 Å². The van der Waals surface area contributed by atoms with Crippen molar-refractivity contribution < 1.29 is 33.3 Å². The van der Waals surface area contributed by atoms with Crippen LogP contribution in [0.1, 0.15) is 30.0 Å². The summed E-state index contributed by atoms with van der Waals surface area (Å²) in [5, 5.41) is 11.4. The molecule has 12 heteroatoms. The van der Waals surface area contributed by atoms with Gasteiger partial charge in [-0.25, -0.2) is 4.68 Å². The molecule has 2 atom stereocenters. The highest BCUT2D eigenvalue weighted by molar-refractivity contribution is 5.89. The summed E-state index contributed by atoms with van der Waals surface area (Å²) in [6, 6.07) is 17.1. The lowest BCUT2D eigenvalue weighted by molar-refractivity contribution is -0.142. The Morgan fingerprint density at radius 3 is 2.70 bits per heavy atom. The lowest BCUT2D eigenvalue weighted by Crippen LogP contribution is -2.46. The van der Waals surface area contributed by atoms with E-state index in [9.17, 15) is 9.59 Å². The lowest BCUT2D eigenvalue weighted by Gasteiger charge is -2.32. The summed E-state index contributed by atoms with van der Waals surface area (Å²) < 4.78 is 29.3. The number of hydrogen-bond acceptors (Lipinski definition) is 9. The van der Waals surface area contributed by atoms with Crippen LogP contribution in [0.25, 0.3) is 11.0 Å². The van der Waals surface area contributed by atoms with Gasteiger partial charge in [0.15, 0.2) is 23.0 Å². The van der Waals surface area contributed by atoms with Crippen LogP contribution >= 0.6 is 0 Å². The first-order valence-electron chi connectivity index (χ1n) is 14.1. The molecule has 1 aromatic heterocycles. The van der Waals surface area contributed by atoms with Gasteiger partial charge < -0.3 is 33.9 Å². The molecule has 0 bridgehead atoms. The van der Waals surface area contributed by atoms with Gasteiger partial charge >= 0.3 is 0 Å². The van der Waals surface area contributed by atoms with Gasteiger partial charge in [-0.3, -0.25) is 9.59 Å². The Labute approximate surface area is 248 Å². The molecule has 2 aliphatic heterocycles. The average Bonchev–Trinajstić information content (AvgIpc) is 3.81. The second-order valence-electron chi connectivity index (χ2n) is 10.3. The van der Waals surface area contributed by atoms with Crippen molar-refractivity contribution in [2.24, 2.45) is 0 Å². The molecular weight excluding hydrogens is 554 g/mol. The van der Waals surface area contributed by atoms with Crippen molar-refractivity contribution in [2.75, 3.05) is 34.2 Å². The summed E-state index contributed by atoms with van der Waals surface area (Å²) in [6.45, 7) is 1.10. The van der Waals surface area contributed by atoms with Gasteiger partial charge in [-0.05, 0) is 60.4 Å². The van der Waals surface area contributed by atoms with Crippen molar-refractivity contribution in [1.29, 1.82) is 0 Å². The number of fused-ring (bicyclic) bond motifs is 2. The van der Waals surface area contributed by atoms with E-state index in [2.05, 4.69) is 15.6 Å². The molecule has 2 aliphatic rings. The average molecular weight is 588 g/mol. The number of nitrogens with one attached hydrogen (secondary N) is 1. The zero-order valence-electron chi connectivity index (χ0n) is 24.0. The number of aromatic nitrogens is 3. The highest BCUT2D eigenvalue weighted by Crippen LogP contribution is 2.36. The van der Waals surface area contributed by atoms with E-state index in [1.54, 1.807) is 41.0 Å². The molecule has 2 amide bonds. The minimum Gasteiger partial charge on any atom is -0.493 e. The predicted molar refractivity (Wildman–Crippen MR) is 155 cm³/mol. The maximum absolute atomic E-state index is 14.3. The number of hydrogen-bond donors (Lipinski definition) is 1. The third-order valence-corrected chi connectivity index (χ3v) is 7.63. The molecule has 3 aromatic carbocycles. The molecule has 12 nitrogen and oxygen atoms in total. The molecule has 2 unspecified atom stereocenters. The van der Waals surface area contributed by atoms with Gasteiger partial charge in [-0.2, -0.15) is 0 Å². The Morgan fingerprint density at radius 2 is 1.88 bits per heavy atom. The predicted octanol–water partition coefficient (Wildman–Crippen LogP) is 3.24. The third-order valence-electron chi connectivity index (χ3n) is 7.63. The van der Waals surface area contributed by atoms with Crippen molar-refractivity contribution in [3.05, 3.63) is 71.8 Å². The summed E-state index contributed by atoms with van der Waals surface area (Å²) in [4.78, 5) is 29.9. The number of carbonyl (C=O) groups excluding carboxylic acids is 2. The van der Waals surface area contributed by atoms with Crippen LogP contribution in [0.4, 0.5) is 0 Å². The van der Waals surface area contributed by atoms with Crippen LogP contribution in [0.3, 0.4) is 0 Å². The Hall–Kier alpha value is -4.84. The van der Waals surface area contributed by atoms with Crippen molar-refractivity contribution in [3.63, 3.8) is 0 Å². The molecule has 0 aliphatic carbocycles. The highest BCUT2D eigenvalue weighted by Gasteiger charge is 2.34. The molecule has 0 radical (unpaired) electrons. The van der Waals surface area contributed by atoms with Gasteiger partial charge in [-0.1, -0.05) is 29.5 Å². The van der Waals surface area contributed by atoms with E-state index < -0.39 is 6.04 Å². The highest BCUT2D eigenvalue weighted by atomic mass is 16.7. The molecule has 43 heavy (non-hydrogen) atoms. The van der Waals surface area contributed by atoms with Crippen LogP contribution < -0.4 is 24.3 Å². The second kappa shape index (κ2) is 12.6. The van der Waals surface area contributed by atoms with E-state index in [1.807, 2.05) is 36.4 Å². The van der Waals surface area contributed by atoms with Gasteiger partial charge in [0.25, 0.3) is 0 Å². The first-order valence-corrected chi connectivity index (χ1v) is 14.1. The molecule has 0 spiro atoms. The molecule has 0 saturated carbocycles. The van der Waals surface area contributed by atoms with Crippen LogP contribution in [-0.2, 0) is 27.4 Å². The number of benzene rings is 3. The normalized spacial score (nSPS) is 16.2. The van der Waals surface area contributed by atoms with Crippen LogP contribution in [0.15, 0.2) is 60.7 Å². The zero-order valence-corrected chi connectivity index (χ0v) is 24.0. The van der Waals surface area contributed by atoms with Gasteiger partial charge in [0.2, 0.25) is 18.6 Å². The molecule has 6 rings (SSSR count). The van der Waals surface area contributed by atoms with Crippen molar-refractivity contribution in [3.8, 4) is 23.0 Å². The lowest BCUT2D eigenvalue weighted by atomic mass is 10.0. The molecule has 1 N–H and O–H groups in total. The molecule has 1 saturated heterocycles. The Morgan fingerprint density at radius 1 is 1.05 bits per heavy atom. The van der Waals surface area contributed by atoms with Crippen LogP contribution in [0, 0.1) is 0 Å². The smallest absolute Gasteiger partial charge is 0.247 e. The van der Waals surface area contributed by atoms with Gasteiger partial charge in [0.1, 0.15) is 18.1 Å². The maximum atomic E-state index is 14.3. The minimum atomic E-state index is -1.02. The fourth-order valence-corrected chi connectivity index (χ4v) is 5.42. The van der Waals surface area contributed by atoms with Gasteiger partial charge in [0, 0.05) is 19.7 Å². The first kappa shape index (κ1) is 28.3. The van der Waals surface area contributed by atoms with E-state index in [0.29, 0.717) is 52.7 Å². The Bertz CT molecular complexity index is 1620. The number of nitrogens with zero attached hydrogens (tertiary/aromatic N) is 4. The third kappa shape index (κ3) is 6.05. The monoisotopic (exact) mass is 587 g/mol. The van der Waals surface area contributed by atoms with E-state index in [-0.39, 0.29) is 37.8 Å². The number of amides is 2. The maximum Gasteiger partial charge on any atom is 0.247 e. The quantitative estimate of drug-likeness (QED) is 0.281. The SMILES string of the molecule is COc1ccc(C(C(=O)NCC2CCCO2)N(Cc2ccc3c(c2)OCO3)C(=O)Cn2nnc3ccccc32)cc1OC. The molecule has 3 heterocycles. The number of para-hydroxylation sites is 1. The van der Waals surface area contributed by atoms with Crippen molar-refractivity contribution >= 4 is 22.8 Å². The van der Waals surface area contributed by atoms with E-state index in [0.717, 1.165) is 18.4 Å². The molecular formula is C31H33N5O7. The fourth-order valence-electron chi connectivity index (χ4n) is 5.42. The summed E-state index contributed by atoms with van der Waals surface area (Å²) in [5.41, 5.74) is 2.70. The summed E-state index contributed by atoms with van der Waals surface area (Å²) in [5.74, 6) is 1.47. The molecule has 4 aromatic rings. The first-order chi connectivity index (χ1) is 21.0. The largest absolute Gasteiger partial charge is 0.493 e. The van der Waals surface area contributed by atoms with E-state index in [1.165, 1.54) is 7.11 Å². The van der Waals surface area contributed by atoms with Crippen LogP contribution in [-0.4, -0.2) is 72.0 Å². The topological polar surface area (TPSA) is 126 Å². The minimum absolute atomic E-state index is 0.0745. The fraction of sp³-hybridized carbons (Fsp3) is 0.355. The Kier molecular flexibility index (Phi) is 8.27. The van der Waals surface area contributed by atoms with Gasteiger partial charge in [-0.15, -0.1) is 5.10 Å². The number of carbonyl (C=O) groups is 2. The van der Waals surface area contributed by atoms with Gasteiger partial charge in [0.05, 0.1) is 25.8 Å². The molecule has 1 fully saturated rings. The number of ether oxygens (including phenoxy) is 5. The summed E-state index contributed by atoms with van der Waals surface area (Å²) in [6.07, 6.45) is 1.73. The zero-order chi connectivity index (χ0) is 29.8. The van der Waals surface area contributed by atoms with Crippen LogP contribution in [0.5, 0.6) is 23.0 Å².